The predicted molar refractivity (Wildman–Crippen MR) is 86.8 cm³/mol. The summed E-state index contributed by atoms with van der Waals surface area (Å²) in [5.41, 5.74) is -2.61. The minimum atomic E-state index is -2.61. The van der Waals surface area contributed by atoms with Crippen molar-refractivity contribution in [2.75, 3.05) is 13.7 Å². The summed E-state index contributed by atoms with van der Waals surface area (Å²) in [5, 5.41) is 18.5. The molecule has 146 valence electrons. The van der Waals surface area contributed by atoms with Gasteiger partial charge in [0.15, 0.2) is 5.60 Å². The Bertz CT molecular complexity index is 431. The van der Waals surface area contributed by atoms with E-state index in [2.05, 4.69) is 28.1 Å². The Morgan fingerprint density at radius 1 is 0.960 bits per heavy atom. The fourth-order valence-electron chi connectivity index (χ4n) is 1.34. The van der Waals surface area contributed by atoms with Crippen LogP contribution in [0.5, 0.6) is 0 Å². The zero-order valence-electron chi connectivity index (χ0n) is 15.2. The molecular weight excluding hydrogens is 336 g/mol. The van der Waals surface area contributed by atoms with Gasteiger partial charge in [0.2, 0.25) is 0 Å². The van der Waals surface area contributed by atoms with E-state index in [1.54, 1.807) is 0 Å². The number of carbonyl (C=O) groups excluding carboxylic acids is 3. The van der Waals surface area contributed by atoms with Gasteiger partial charge in [-0.1, -0.05) is 40.0 Å². The lowest BCUT2D eigenvalue weighted by Crippen LogP contribution is -2.44. The van der Waals surface area contributed by atoms with Crippen LogP contribution in [0.25, 0.3) is 0 Å². The molecule has 0 rings (SSSR count). The van der Waals surface area contributed by atoms with Gasteiger partial charge in [0.1, 0.15) is 0 Å². The highest BCUT2D eigenvalue weighted by atomic mass is 16.7. The van der Waals surface area contributed by atoms with Crippen LogP contribution in [-0.2, 0) is 28.6 Å². The first-order chi connectivity index (χ1) is 11.7. The van der Waals surface area contributed by atoms with Crippen molar-refractivity contribution < 1.29 is 43.6 Å². The van der Waals surface area contributed by atoms with Gasteiger partial charge in [-0.3, -0.25) is 9.59 Å². The topological polar surface area (TPSA) is 136 Å². The molecule has 1 atom stereocenters. The van der Waals surface area contributed by atoms with Gasteiger partial charge in [-0.15, -0.1) is 0 Å². The molecule has 0 heterocycles. The summed E-state index contributed by atoms with van der Waals surface area (Å²) in [4.78, 5) is 44.5. The maximum absolute atomic E-state index is 11.4. The molecule has 0 amide bonds. The molecule has 0 aromatic carbocycles. The van der Waals surface area contributed by atoms with E-state index in [1.165, 1.54) is 12.8 Å². The zero-order chi connectivity index (χ0) is 19.9. The standard InChI is InChI=1S/C12H18O9.C4H10/c1-3-4-5-20-11(17)21-9(15)7-12(18,6-8(13)14)10(16)19-2;1-3-4-2/h18H,3-7H2,1-2H3,(H,13,14);3-4H2,1-2H3. The van der Waals surface area contributed by atoms with Gasteiger partial charge in [-0.05, 0) is 6.42 Å². The number of aliphatic carboxylic acids is 1. The van der Waals surface area contributed by atoms with Crippen molar-refractivity contribution in [1.82, 2.24) is 0 Å². The third-order valence-corrected chi connectivity index (χ3v) is 2.86. The first-order valence-electron chi connectivity index (χ1n) is 8.06. The van der Waals surface area contributed by atoms with Crippen LogP contribution in [0, 0.1) is 0 Å². The summed E-state index contributed by atoms with van der Waals surface area (Å²) in [7, 11) is 0.916. The molecule has 1 unspecified atom stereocenters. The second kappa shape index (κ2) is 14.2. The number of ether oxygens (including phenoxy) is 3. The van der Waals surface area contributed by atoms with Crippen molar-refractivity contribution in [3.05, 3.63) is 0 Å². The van der Waals surface area contributed by atoms with Gasteiger partial charge >= 0.3 is 24.1 Å². The summed E-state index contributed by atoms with van der Waals surface area (Å²) in [6, 6.07) is 0. The van der Waals surface area contributed by atoms with E-state index in [4.69, 9.17) is 5.11 Å². The van der Waals surface area contributed by atoms with Crippen LogP contribution in [-0.4, -0.2) is 53.6 Å². The molecule has 0 bridgehead atoms. The Morgan fingerprint density at radius 3 is 1.92 bits per heavy atom. The molecule has 0 spiro atoms. The van der Waals surface area contributed by atoms with Crippen molar-refractivity contribution in [3.63, 3.8) is 0 Å². The Kier molecular flexibility index (Phi) is 14.3. The summed E-state index contributed by atoms with van der Waals surface area (Å²) in [5.74, 6) is -4.15. The van der Waals surface area contributed by atoms with E-state index in [0.717, 1.165) is 13.5 Å². The Morgan fingerprint density at radius 2 is 1.52 bits per heavy atom. The average molecular weight is 364 g/mol. The van der Waals surface area contributed by atoms with Gasteiger partial charge in [-0.25, -0.2) is 9.59 Å². The summed E-state index contributed by atoms with van der Waals surface area (Å²) in [6.07, 6.45) is 0.584. The number of carboxylic acids is 1. The van der Waals surface area contributed by atoms with Crippen LogP contribution < -0.4 is 0 Å². The molecule has 0 radical (unpaired) electrons. The predicted octanol–water partition coefficient (Wildman–Crippen LogP) is 2.04. The molecule has 2 N–H and O–H groups in total. The summed E-state index contributed by atoms with van der Waals surface area (Å²) in [6.45, 7) is 6.28. The van der Waals surface area contributed by atoms with Crippen LogP contribution in [0.15, 0.2) is 0 Å². The number of hydrogen-bond acceptors (Lipinski definition) is 8. The minimum absolute atomic E-state index is 0.0546. The lowest BCUT2D eigenvalue weighted by atomic mass is 9.96. The number of methoxy groups -OCH3 is 1. The van der Waals surface area contributed by atoms with E-state index in [0.29, 0.717) is 6.42 Å². The molecular formula is C16H28O9. The molecule has 0 saturated carbocycles. The van der Waals surface area contributed by atoms with Crippen LogP contribution in [0.4, 0.5) is 4.79 Å². The average Bonchev–Trinajstić information content (AvgIpc) is 2.53. The van der Waals surface area contributed by atoms with Gasteiger partial charge in [0.05, 0.1) is 26.6 Å². The number of esters is 2. The molecule has 0 aromatic rings. The largest absolute Gasteiger partial charge is 0.516 e. The fraction of sp³-hybridized carbons (Fsp3) is 0.750. The molecule has 0 saturated heterocycles. The van der Waals surface area contributed by atoms with E-state index >= 15 is 0 Å². The number of unbranched alkanes of at least 4 members (excludes halogenated alkanes) is 2. The van der Waals surface area contributed by atoms with E-state index in [9.17, 15) is 24.3 Å². The summed E-state index contributed by atoms with van der Waals surface area (Å²) < 4.78 is 13.0. The fourth-order valence-corrected chi connectivity index (χ4v) is 1.34. The highest BCUT2D eigenvalue weighted by Gasteiger charge is 2.43. The van der Waals surface area contributed by atoms with E-state index < -0.39 is 42.5 Å². The molecule has 0 aromatic heterocycles. The number of aliphatic hydroxyl groups is 1. The maximum atomic E-state index is 11.4. The Balaban J connectivity index is 0. The molecule has 25 heavy (non-hydrogen) atoms. The third-order valence-electron chi connectivity index (χ3n) is 2.86. The maximum Gasteiger partial charge on any atom is 0.516 e. The monoisotopic (exact) mass is 364 g/mol. The zero-order valence-corrected chi connectivity index (χ0v) is 15.2. The van der Waals surface area contributed by atoms with Crippen molar-refractivity contribution in [2.24, 2.45) is 0 Å². The number of carbonyl (C=O) groups is 4. The minimum Gasteiger partial charge on any atom is -0.481 e. The van der Waals surface area contributed by atoms with Crippen LogP contribution in [0.3, 0.4) is 0 Å². The number of carboxylic acid groups (broad SMARTS) is 1. The Hall–Kier alpha value is -2.16. The molecule has 0 fully saturated rings. The molecule has 9 nitrogen and oxygen atoms in total. The van der Waals surface area contributed by atoms with Crippen molar-refractivity contribution >= 4 is 24.1 Å². The first kappa shape index (κ1) is 25.1. The molecule has 9 heteroatoms. The first-order valence-corrected chi connectivity index (χ1v) is 8.06. The SMILES string of the molecule is CCCC.CCCCOC(=O)OC(=O)CC(O)(CC(=O)O)C(=O)OC. The van der Waals surface area contributed by atoms with E-state index in [1.807, 2.05) is 6.92 Å². The second-order valence-electron chi connectivity index (χ2n) is 5.20. The second-order valence-corrected chi connectivity index (χ2v) is 5.20. The number of hydrogen-bond donors (Lipinski definition) is 2. The van der Waals surface area contributed by atoms with Gasteiger partial charge in [0.25, 0.3) is 0 Å². The number of rotatable bonds is 9. The smallest absolute Gasteiger partial charge is 0.481 e. The Labute approximate surface area is 147 Å². The highest BCUT2D eigenvalue weighted by molar-refractivity contribution is 5.91. The molecule has 0 aliphatic rings. The lowest BCUT2D eigenvalue weighted by molar-refractivity contribution is -0.173. The quantitative estimate of drug-likeness (QED) is 0.357. The van der Waals surface area contributed by atoms with Crippen molar-refractivity contribution in [3.8, 4) is 0 Å². The molecule has 0 aliphatic carbocycles. The van der Waals surface area contributed by atoms with Crippen LogP contribution in [0.1, 0.15) is 59.3 Å². The van der Waals surface area contributed by atoms with Crippen molar-refractivity contribution in [1.29, 1.82) is 0 Å². The van der Waals surface area contributed by atoms with Crippen LogP contribution in [0.2, 0.25) is 0 Å². The van der Waals surface area contributed by atoms with Crippen molar-refractivity contribution in [2.45, 2.75) is 64.9 Å². The van der Waals surface area contributed by atoms with Crippen LogP contribution >= 0.6 is 0 Å². The van der Waals surface area contributed by atoms with Gasteiger partial charge in [0, 0.05) is 0 Å². The molecule has 0 aliphatic heterocycles. The lowest BCUT2D eigenvalue weighted by Gasteiger charge is -2.21. The summed E-state index contributed by atoms with van der Waals surface area (Å²) >= 11 is 0. The third kappa shape index (κ3) is 12.9. The van der Waals surface area contributed by atoms with Gasteiger partial charge < -0.3 is 24.4 Å². The normalized spacial score (nSPS) is 12.0. The van der Waals surface area contributed by atoms with Gasteiger partial charge in [-0.2, -0.15) is 0 Å². The highest BCUT2D eigenvalue weighted by Crippen LogP contribution is 2.18. The van der Waals surface area contributed by atoms with E-state index in [-0.39, 0.29) is 6.61 Å².